The van der Waals surface area contributed by atoms with Crippen LogP contribution in [-0.2, 0) is 38.8 Å². The molecule has 0 unspecified atom stereocenters. The van der Waals surface area contributed by atoms with Gasteiger partial charge in [0.25, 0.3) is 19.2 Å². The largest absolute Gasteiger partial charge is 0.398 e. The van der Waals surface area contributed by atoms with Gasteiger partial charge in [-0.15, -0.1) is 0 Å². The number of hydrogen-bond acceptors (Lipinski definition) is 8. The fraction of sp³-hybridized carbons (Fsp3) is 0.100. The molecule has 0 atom stereocenters. The monoisotopic (exact) mass is 769 g/mol. The zero-order chi connectivity index (χ0) is 34.9. The van der Waals surface area contributed by atoms with Crippen molar-refractivity contribution < 1.29 is 21.4 Å². The van der Waals surface area contributed by atoms with Gasteiger partial charge >= 0.3 is 0 Å². The van der Waals surface area contributed by atoms with Crippen molar-refractivity contribution in [2.24, 2.45) is 0 Å². The van der Waals surface area contributed by atoms with E-state index in [0.29, 0.717) is 39.9 Å². The van der Waals surface area contributed by atoms with E-state index < -0.39 is 19.2 Å². The molecular formula is C30H27Cl4N7O5S2. The zero-order valence-electron chi connectivity index (χ0n) is 24.7. The van der Waals surface area contributed by atoms with Crippen LogP contribution in [0.2, 0.25) is 15.1 Å². The summed E-state index contributed by atoms with van der Waals surface area (Å²) in [6.07, 6.45) is 10.3. The summed E-state index contributed by atoms with van der Waals surface area (Å²) in [5, 5.41) is 13.3. The second-order valence-corrected chi connectivity index (χ2v) is 15.1. The summed E-state index contributed by atoms with van der Waals surface area (Å²) in [6.45, 7) is 1.25. The van der Waals surface area contributed by atoms with Crippen LogP contribution in [-0.4, -0.2) is 50.7 Å². The average molecular weight is 772 g/mol. The molecule has 3 aromatic carbocycles. The minimum Gasteiger partial charge on any atom is -0.398 e. The molecule has 0 saturated carbocycles. The van der Waals surface area contributed by atoms with Crippen molar-refractivity contribution in [3.05, 3.63) is 142 Å². The number of nitrogens with two attached hydrogens (primary N) is 1. The van der Waals surface area contributed by atoms with Crippen molar-refractivity contribution in [1.29, 1.82) is 0 Å². The highest BCUT2D eigenvalue weighted by atomic mass is 35.7. The van der Waals surface area contributed by atoms with E-state index in [4.69, 9.17) is 55.8 Å². The first-order valence-corrected chi connectivity index (χ1v) is 18.5. The van der Waals surface area contributed by atoms with Crippen LogP contribution in [0.3, 0.4) is 0 Å². The minimum absolute atomic E-state index is 0.0159. The van der Waals surface area contributed by atoms with Gasteiger partial charge < -0.3 is 5.73 Å². The first kappa shape index (κ1) is 36.9. The molecule has 0 radical (unpaired) electrons. The molecule has 18 heteroatoms. The normalized spacial score (nSPS) is 11.3. The molecule has 6 aromatic rings. The van der Waals surface area contributed by atoms with E-state index in [-0.39, 0.29) is 21.4 Å². The van der Waals surface area contributed by atoms with E-state index in [2.05, 4.69) is 15.3 Å². The second-order valence-electron chi connectivity index (χ2n) is 9.87. The van der Waals surface area contributed by atoms with Gasteiger partial charge in [0.05, 0.1) is 24.5 Å². The predicted octanol–water partition coefficient (Wildman–Crippen LogP) is 6.51. The van der Waals surface area contributed by atoms with Crippen molar-refractivity contribution in [2.45, 2.75) is 29.4 Å². The van der Waals surface area contributed by atoms with Crippen LogP contribution >= 0.6 is 45.5 Å². The lowest BCUT2D eigenvalue weighted by Gasteiger charge is -2.07. The Bertz CT molecular complexity index is 2050. The number of hydrogen-bond donors (Lipinski definition) is 2. The topological polar surface area (TPSA) is 168 Å². The summed E-state index contributed by atoms with van der Waals surface area (Å²) in [5.41, 5.74) is 8.52. The van der Waals surface area contributed by atoms with Crippen molar-refractivity contribution in [3.8, 4) is 0 Å². The number of benzene rings is 3. The van der Waals surface area contributed by atoms with Crippen molar-refractivity contribution >= 4 is 70.3 Å². The summed E-state index contributed by atoms with van der Waals surface area (Å²) in [7, 11) is -2.74. The van der Waals surface area contributed by atoms with Crippen LogP contribution in [0.5, 0.6) is 0 Å². The van der Waals surface area contributed by atoms with Gasteiger partial charge in [0.1, 0.15) is 4.90 Å². The Balaban J connectivity index is 0.000000163. The number of rotatable bonds is 8. The third kappa shape index (κ3) is 11.1. The first-order valence-electron chi connectivity index (χ1n) is 13.6. The van der Waals surface area contributed by atoms with E-state index in [9.17, 15) is 16.8 Å². The SMILES string of the molecule is Nc1cc(Cl)ccc1Cn1cccn1.O=S(=O)(Cl)c1cc(Cl)ccc1Cn1cccn1.O=S(=O)(O)c1cc(Cl)ccc1Cn1cccn1. The molecule has 3 aromatic heterocycles. The molecule has 0 amide bonds. The van der Waals surface area contributed by atoms with Crippen LogP contribution in [0, 0.1) is 0 Å². The number of aromatic nitrogens is 6. The van der Waals surface area contributed by atoms with Crippen molar-refractivity contribution in [3.63, 3.8) is 0 Å². The molecular weight excluding hydrogens is 744 g/mol. The highest BCUT2D eigenvalue weighted by molar-refractivity contribution is 8.13. The molecule has 0 bridgehead atoms. The Morgan fingerprint density at radius 3 is 1.35 bits per heavy atom. The Kier molecular flexibility index (Phi) is 12.7. The van der Waals surface area contributed by atoms with E-state index in [0.717, 1.165) is 5.56 Å². The van der Waals surface area contributed by atoms with Gasteiger partial charge in [-0.25, -0.2) is 8.42 Å². The fourth-order valence-corrected chi connectivity index (χ4v) is 6.74. The smallest absolute Gasteiger partial charge is 0.294 e. The van der Waals surface area contributed by atoms with E-state index in [1.807, 2.05) is 29.1 Å². The molecule has 3 N–H and O–H groups in total. The fourth-order valence-electron chi connectivity index (χ4n) is 4.20. The molecule has 3 heterocycles. The molecule has 48 heavy (non-hydrogen) atoms. The average Bonchev–Trinajstić information content (AvgIpc) is 3.82. The maximum atomic E-state index is 11.4. The third-order valence-electron chi connectivity index (χ3n) is 6.38. The third-order valence-corrected chi connectivity index (χ3v) is 9.43. The Hall–Kier alpha value is -3.89. The van der Waals surface area contributed by atoms with Crippen LogP contribution in [0.25, 0.3) is 0 Å². The van der Waals surface area contributed by atoms with Crippen LogP contribution < -0.4 is 5.73 Å². The maximum Gasteiger partial charge on any atom is 0.294 e. The van der Waals surface area contributed by atoms with E-state index >= 15 is 0 Å². The molecule has 0 aliphatic carbocycles. The van der Waals surface area contributed by atoms with Crippen LogP contribution in [0.15, 0.2) is 120 Å². The number of anilines is 1. The van der Waals surface area contributed by atoms with Crippen molar-refractivity contribution in [2.75, 3.05) is 5.73 Å². The number of nitrogen functional groups attached to an aromatic ring is 1. The summed E-state index contributed by atoms with van der Waals surface area (Å²) >= 11 is 17.3. The minimum atomic E-state index is -4.28. The molecule has 0 aliphatic heterocycles. The summed E-state index contributed by atoms with van der Waals surface area (Å²) < 4.78 is 59.3. The standard InChI is InChI=1S/C10H8Cl2N2O2S.C10H10ClN3.C10H9ClN2O3S/c11-9-3-2-8(7-14-5-1-4-13-14)10(6-9)17(12,15)16;11-9-3-2-8(10(12)6-9)7-14-5-1-4-13-14;11-9-3-2-8(7-13-5-1-4-12-13)10(6-9)17(14,15)16/h1-6H,7H2;1-6H,7,12H2;1-6H,7H2,(H,14,15,16). The molecule has 6 rings (SSSR count). The predicted molar refractivity (Wildman–Crippen MR) is 186 cm³/mol. The number of halogens is 4. The first-order chi connectivity index (χ1) is 22.7. The highest BCUT2D eigenvalue weighted by Crippen LogP contribution is 2.25. The second kappa shape index (κ2) is 16.5. The lowest BCUT2D eigenvalue weighted by Crippen LogP contribution is -2.07. The molecule has 252 valence electrons. The molecule has 0 spiro atoms. The number of nitrogens with zero attached hydrogens (tertiary/aromatic N) is 6. The lowest BCUT2D eigenvalue weighted by molar-refractivity contribution is 0.481. The Morgan fingerprint density at radius 1 is 0.604 bits per heavy atom. The van der Waals surface area contributed by atoms with Gasteiger partial charge in [-0.3, -0.25) is 18.6 Å². The molecule has 0 fully saturated rings. The lowest BCUT2D eigenvalue weighted by atomic mass is 10.2. The maximum absolute atomic E-state index is 11.4. The zero-order valence-corrected chi connectivity index (χ0v) is 29.3. The quantitative estimate of drug-likeness (QED) is 0.0996. The van der Waals surface area contributed by atoms with Crippen LogP contribution in [0.1, 0.15) is 16.7 Å². The molecule has 0 saturated heterocycles. The van der Waals surface area contributed by atoms with Crippen LogP contribution in [0.4, 0.5) is 5.69 Å². The van der Waals surface area contributed by atoms with Gasteiger partial charge in [-0.1, -0.05) is 53.0 Å². The van der Waals surface area contributed by atoms with Gasteiger partial charge in [0, 0.05) is 68.6 Å². The summed E-state index contributed by atoms with van der Waals surface area (Å²) in [4.78, 5) is -0.178. The molecule has 0 aliphatic rings. The Labute approximate surface area is 296 Å². The summed E-state index contributed by atoms with van der Waals surface area (Å²) in [6, 6.07) is 19.8. The van der Waals surface area contributed by atoms with Gasteiger partial charge in [-0.05, 0) is 71.3 Å². The molecule has 12 nitrogen and oxygen atoms in total. The van der Waals surface area contributed by atoms with Crippen molar-refractivity contribution in [1.82, 2.24) is 29.3 Å². The van der Waals surface area contributed by atoms with E-state index in [1.54, 1.807) is 82.8 Å². The Morgan fingerprint density at radius 2 is 0.979 bits per heavy atom. The summed E-state index contributed by atoms with van der Waals surface area (Å²) in [5.74, 6) is 0. The van der Waals surface area contributed by atoms with E-state index in [1.165, 1.54) is 12.1 Å². The highest BCUT2D eigenvalue weighted by Gasteiger charge is 2.17. The van der Waals surface area contributed by atoms with Gasteiger partial charge in [0.2, 0.25) is 0 Å². The van der Waals surface area contributed by atoms with Gasteiger partial charge in [0.15, 0.2) is 0 Å². The van der Waals surface area contributed by atoms with Gasteiger partial charge in [-0.2, -0.15) is 23.7 Å².